The Kier molecular flexibility index (Phi) is 7.64. The molecule has 0 bridgehead atoms. The first-order chi connectivity index (χ1) is 18.0. The van der Waals surface area contributed by atoms with Crippen LogP contribution in [0.4, 0.5) is 5.69 Å². The van der Waals surface area contributed by atoms with Crippen molar-refractivity contribution in [3.63, 3.8) is 0 Å². The molecular weight excluding hydrogens is 572 g/mol. The van der Waals surface area contributed by atoms with Crippen LogP contribution in [0.1, 0.15) is 18.7 Å². The third-order valence-corrected chi connectivity index (χ3v) is 9.57. The molecule has 0 fully saturated rings. The van der Waals surface area contributed by atoms with Crippen molar-refractivity contribution in [2.45, 2.75) is 36.1 Å². The minimum Gasteiger partial charge on any atom is -0.401 e. The summed E-state index contributed by atoms with van der Waals surface area (Å²) in [5.41, 5.74) is 2.38. The molecule has 5 rings (SSSR count). The van der Waals surface area contributed by atoms with Crippen molar-refractivity contribution in [2.24, 2.45) is 0 Å². The molecule has 1 unspecified atom stereocenters. The van der Waals surface area contributed by atoms with Crippen molar-refractivity contribution in [2.75, 3.05) is 23.0 Å². The highest BCUT2D eigenvalue weighted by Crippen LogP contribution is 2.45. The summed E-state index contributed by atoms with van der Waals surface area (Å²) in [5, 5.41) is 2.37. The normalized spacial score (nSPS) is 16.0. The van der Waals surface area contributed by atoms with Gasteiger partial charge in [-0.25, -0.2) is 0 Å². The SMILES string of the molecule is O=S(=O)(O)CCCN1c2cc(Cl)ccc2SC1Cc1oc2ccc3ccccc3c2[n+]1CCCS(=O)(=O)O. The summed E-state index contributed by atoms with van der Waals surface area (Å²) >= 11 is 7.87. The Morgan fingerprint density at radius 1 is 0.974 bits per heavy atom. The highest BCUT2D eigenvalue weighted by atomic mass is 35.5. The van der Waals surface area contributed by atoms with Crippen LogP contribution in [0.15, 0.2) is 63.9 Å². The maximum absolute atomic E-state index is 11.4. The molecule has 9 nitrogen and oxygen atoms in total. The van der Waals surface area contributed by atoms with Crippen molar-refractivity contribution in [3.05, 3.63) is 65.5 Å². The second-order valence-corrected chi connectivity index (χ2v) is 13.9. The van der Waals surface area contributed by atoms with E-state index in [1.54, 1.807) is 17.8 Å². The number of hydrogen-bond donors (Lipinski definition) is 2. The topological polar surface area (TPSA) is 129 Å². The molecule has 0 radical (unpaired) electrons. The van der Waals surface area contributed by atoms with Crippen LogP contribution in [0.2, 0.25) is 5.02 Å². The van der Waals surface area contributed by atoms with E-state index in [1.807, 2.05) is 53.1 Å². The number of nitrogens with zero attached hydrogens (tertiary/aromatic N) is 2. The number of hydrogen-bond acceptors (Lipinski definition) is 7. The predicted octanol–water partition coefficient (Wildman–Crippen LogP) is 4.56. The van der Waals surface area contributed by atoms with Crippen LogP contribution < -0.4 is 9.47 Å². The van der Waals surface area contributed by atoms with E-state index in [4.69, 9.17) is 16.0 Å². The zero-order chi connectivity index (χ0) is 27.1. The average Bonchev–Trinajstić information content (AvgIpc) is 3.35. The molecule has 2 heterocycles. The summed E-state index contributed by atoms with van der Waals surface area (Å²) in [5.74, 6) is -0.105. The quantitative estimate of drug-likeness (QED) is 0.199. The van der Waals surface area contributed by atoms with Crippen molar-refractivity contribution in [1.29, 1.82) is 0 Å². The zero-order valence-corrected chi connectivity index (χ0v) is 23.4. The number of aromatic nitrogens is 1. The number of fused-ring (bicyclic) bond motifs is 4. The first-order valence-electron chi connectivity index (χ1n) is 11.9. The Labute approximate surface area is 229 Å². The summed E-state index contributed by atoms with van der Waals surface area (Å²) in [6, 6.07) is 17.3. The van der Waals surface area contributed by atoms with Crippen LogP contribution in [0.5, 0.6) is 0 Å². The first kappa shape index (κ1) is 27.2. The third kappa shape index (κ3) is 6.11. The summed E-state index contributed by atoms with van der Waals surface area (Å²) in [6.07, 6.45) is 0.846. The van der Waals surface area contributed by atoms with Gasteiger partial charge in [0, 0.05) is 22.9 Å². The number of thioether (sulfide) groups is 1. The fourth-order valence-corrected chi connectivity index (χ4v) is 7.32. The number of anilines is 1. The van der Waals surface area contributed by atoms with Crippen LogP contribution in [-0.4, -0.2) is 49.4 Å². The Hall–Kier alpha value is -2.35. The van der Waals surface area contributed by atoms with E-state index in [2.05, 4.69) is 4.90 Å². The Balaban J connectivity index is 1.52. The van der Waals surface area contributed by atoms with E-state index in [9.17, 15) is 25.9 Å². The fraction of sp³-hybridized carbons (Fsp3) is 0.320. The second kappa shape index (κ2) is 10.7. The predicted molar refractivity (Wildman–Crippen MR) is 148 cm³/mol. The molecule has 1 aliphatic heterocycles. The van der Waals surface area contributed by atoms with Crippen LogP contribution in [0.3, 0.4) is 0 Å². The molecule has 2 N–H and O–H groups in total. The molecule has 4 aromatic rings. The van der Waals surface area contributed by atoms with Crippen molar-refractivity contribution in [3.8, 4) is 0 Å². The van der Waals surface area contributed by atoms with E-state index < -0.39 is 20.2 Å². The molecule has 1 aliphatic rings. The lowest BCUT2D eigenvalue weighted by Crippen LogP contribution is -2.41. The first-order valence-corrected chi connectivity index (χ1v) is 16.4. The van der Waals surface area contributed by atoms with Crippen molar-refractivity contribution in [1.82, 2.24) is 0 Å². The molecule has 3 aromatic carbocycles. The maximum atomic E-state index is 11.4. The maximum Gasteiger partial charge on any atom is 0.351 e. The standard InChI is InChI=1S/C25H25ClN2O7S3/c26-18-8-10-22-20(15-18)27(11-3-13-37(29,30)31)24(36-22)16-23-28(12-4-14-38(32,33)34)25-19-6-2-1-5-17(19)7-9-21(25)35-23/h1-2,5-10,15,24H,3-4,11-14,16H2,(H-,29,30,31,32,33,34)/p+1. The van der Waals surface area contributed by atoms with Crippen LogP contribution in [-0.2, 0) is 33.2 Å². The molecule has 202 valence electrons. The molecule has 0 aliphatic carbocycles. The van der Waals surface area contributed by atoms with E-state index >= 15 is 0 Å². The lowest BCUT2D eigenvalue weighted by atomic mass is 10.1. The molecule has 1 atom stereocenters. The third-order valence-electron chi connectivity index (χ3n) is 6.44. The van der Waals surface area contributed by atoms with E-state index in [0.29, 0.717) is 36.0 Å². The van der Waals surface area contributed by atoms with Gasteiger partial charge in [0.2, 0.25) is 5.58 Å². The fourth-order valence-electron chi connectivity index (χ4n) is 4.86. The van der Waals surface area contributed by atoms with Gasteiger partial charge in [-0.3, -0.25) is 9.11 Å². The van der Waals surface area contributed by atoms with Crippen LogP contribution in [0, 0.1) is 0 Å². The molecule has 0 amide bonds. The molecule has 0 saturated heterocycles. The van der Waals surface area contributed by atoms with Gasteiger partial charge in [-0.1, -0.05) is 47.6 Å². The van der Waals surface area contributed by atoms with Gasteiger partial charge in [0.05, 0.1) is 28.0 Å². The van der Waals surface area contributed by atoms with Gasteiger partial charge < -0.3 is 9.32 Å². The monoisotopic (exact) mass is 597 g/mol. The van der Waals surface area contributed by atoms with E-state index in [-0.39, 0.29) is 29.7 Å². The van der Waals surface area contributed by atoms with Crippen molar-refractivity contribution < 1.29 is 34.9 Å². The van der Waals surface area contributed by atoms with Gasteiger partial charge in [0.15, 0.2) is 6.54 Å². The lowest BCUT2D eigenvalue weighted by molar-refractivity contribution is -0.683. The molecule has 38 heavy (non-hydrogen) atoms. The number of aryl methyl sites for hydroxylation is 1. The summed E-state index contributed by atoms with van der Waals surface area (Å²) in [7, 11) is -8.21. The largest absolute Gasteiger partial charge is 0.401 e. The van der Waals surface area contributed by atoms with Crippen molar-refractivity contribution >= 4 is 71.2 Å². The minimum absolute atomic E-state index is 0.162. The Bertz CT molecular complexity index is 1720. The second-order valence-electron chi connectivity index (χ2n) is 9.14. The molecule has 0 saturated carbocycles. The van der Waals surface area contributed by atoms with Gasteiger partial charge in [-0.05, 0) is 42.1 Å². The highest BCUT2D eigenvalue weighted by molar-refractivity contribution is 8.00. The average molecular weight is 598 g/mol. The van der Waals surface area contributed by atoms with Gasteiger partial charge in [-0.15, -0.1) is 0 Å². The lowest BCUT2D eigenvalue weighted by Gasteiger charge is -2.25. The van der Waals surface area contributed by atoms with Gasteiger partial charge in [0.1, 0.15) is 6.42 Å². The van der Waals surface area contributed by atoms with Crippen LogP contribution >= 0.6 is 23.4 Å². The van der Waals surface area contributed by atoms with Gasteiger partial charge in [-0.2, -0.15) is 21.4 Å². The van der Waals surface area contributed by atoms with Gasteiger partial charge in [0.25, 0.3) is 25.8 Å². The Morgan fingerprint density at radius 3 is 2.47 bits per heavy atom. The number of rotatable bonds is 10. The zero-order valence-electron chi connectivity index (χ0n) is 20.2. The molecular formula is C25H26ClN2O7S3+. The number of oxazole rings is 1. The molecule has 13 heteroatoms. The minimum atomic E-state index is -4.12. The number of halogens is 1. The highest BCUT2D eigenvalue weighted by Gasteiger charge is 2.35. The van der Waals surface area contributed by atoms with E-state index in [1.165, 1.54) is 0 Å². The summed E-state index contributed by atoms with van der Waals surface area (Å²) < 4.78 is 72.3. The Morgan fingerprint density at radius 2 is 1.71 bits per heavy atom. The molecule has 0 spiro atoms. The van der Waals surface area contributed by atoms with E-state index in [0.717, 1.165) is 26.9 Å². The van der Waals surface area contributed by atoms with Gasteiger partial charge >= 0.3 is 5.89 Å². The van der Waals surface area contributed by atoms with Crippen LogP contribution in [0.25, 0.3) is 21.9 Å². The number of benzene rings is 3. The summed E-state index contributed by atoms with van der Waals surface area (Å²) in [4.78, 5) is 3.05. The summed E-state index contributed by atoms with van der Waals surface area (Å²) in [6.45, 7) is 0.686. The smallest absolute Gasteiger partial charge is 0.351 e. The molecule has 1 aromatic heterocycles.